The maximum Gasteiger partial charge on any atom is 0.136 e. The van der Waals surface area contributed by atoms with Crippen molar-refractivity contribution in [2.24, 2.45) is 34.5 Å². The molecule has 8 nitrogen and oxygen atoms in total. The largest absolute Gasteiger partial charge is 0.392 e. The van der Waals surface area contributed by atoms with Gasteiger partial charge in [0.2, 0.25) is 0 Å². The summed E-state index contributed by atoms with van der Waals surface area (Å²) >= 11 is 0. The van der Waals surface area contributed by atoms with E-state index in [1.54, 1.807) is 28.4 Å². The minimum atomic E-state index is -1.55. The number of piperidine rings is 1. The predicted octanol–water partition coefficient (Wildman–Crippen LogP) is 0.271. The maximum absolute atomic E-state index is 12.9. The van der Waals surface area contributed by atoms with Gasteiger partial charge in [-0.1, -0.05) is 6.92 Å². The van der Waals surface area contributed by atoms with Gasteiger partial charge in [-0.2, -0.15) is 0 Å². The molecule has 0 aromatic heterocycles. The van der Waals surface area contributed by atoms with Crippen LogP contribution in [0.3, 0.4) is 0 Å². The Morgan fingerprint density at radius 3 is 2.42 bits per heavy atom. The summed E-state index contributed by atoms with van der Waals surface area (Å²) in [7, 11) is 6.79. The Hall–Kier alpha value is -0.320. The van der Waals surface area contributed by atoms with E-state index < -0.39 is 28.8 Å². The molecule has 0 aromatic carbocycles. The first kappa shape index (κ1) is 23.1. The molecule has 13 atom stereocenters. The summed E-state index contributed by atoms with van der Waals surface area (Å²) in [6, 6.07) is -0.386. The lowest BCUT2D eigenvalue weighted by molar-refractivity contribution is -0.318. The zero-order valence-corrected chi connectivity index (χ0v) is 20.6. The molecule has 188 valence electrons. The number of likely N-dealkylation sites (N-methyl/N-ethyl adjacent to an activating group) is 1. The summed E-state index contributed by atoms with van der Waals surface area (Å²) in [5.41, 5.74) is -3.82. The van der Waals surface area contributed by atoms with Gasteiger partial charge in [0.05, 0.1) is 37.1 Å². The van der Waals surface area contributed by atoms with Gasteiger partial charge in [-0.05, 0) is 31.7 Å². The van der Waals surface area contributed by atoms with E-state index in [0.717, 1.165) is 25.9 Å². The molecule has 1 saturated heterocycles. The Bertz CT molecular complexity index is 814. The van der Waals surface area contributed by atoms with Crippen LogP contribution in [-0.2, 0) is 18.9 Å². The monoisotopic (exact) mass is 467 g/mol. The van der Waals surface area contributed by atoms with E-state index in [1.165, 1.54) is 0 Å². The molecular weight excluding hydrogens is 426 g/mol. The third-order valence-electron chi connectivity index (χ3n) is 11.5. The zero-order valence-electron chi connectivity index (χ0n) is 20.6. The highest BCUT2D eigenvalue weighted by Crippen LogP contribution is 2.80. The van der Waals surface area contributed by atoms with Gasteiger partial charge in [0.1, 0.15) is 11.2 Å². The average Bonchev–Trinajstić information content (AvgIpc) is 3.22. The number of hydrogen-bond donors (Lipinski definition) is 3. The molecule has 0 unspecified atom stereocenters. The molecule has 1 spiro atoms. The molecule has 5 aliphatic carbocycles. The first-order valence-electron chi connectivity index (χ1n) is 12.7. The summed E-state index contributed by atoms with van der Waals surface area (Å²) in [5, 5.41) is 37.6. The van der Waals surface area contributed by atoms with Crippen molar-refractivity contribution in [3.8, 4) is 0 Å². The fourth-order valence-electron chi connectivity index (χ4n) is 11.0. The van der Waals surface area contributed by atoms with Crippen molar-refractivity contribution in [2.75, 3.05) is 48.1 Å². The standard InChI is InChI=1S/C25H41NO7/c1-6-26-11-22(12-30-2)8-7-16(27)24-14-9-13-15(31-3)10-23(28,17(14)18(13)32-4)25(29,21(24)26)20(33-5)19(22)24/h13-21,27-29H,6-12H2,1-5H3/t13-,14+,15-,16-,17+,18+,19+,20-,21+,22+,23-,24-,25+/m0/s1. The smallest absolute Gasteiger partial charge is 0.136 e. The lowest BCUT2D eigenvalue weighted by Gasteiger charge is -2.69. The molecule has 1 aliphatic heterocycles. The normalized spacial score (nSPS) is 60.9. The number of likely N-dealkylation sites (tertiary alicyclic amines) is 1. The number of aliphatic hydroxyl groups is 3. The van der Waals surface area contributed by atoms with E-state index in [9.17, 15) is 15.3 Å². The van der Waals surface area contributed by atoms with Gasteiger partial charge >= 0.3 is 0 Å². The van der Waals surface area contributed by atoms with Crippen molar-refractivity contribution < 1.29 is 34.3 Å². The summed E-state index contributed by atoms with van der Waals surface area (Å²) in [6.07, 6.45) is 1.06. The lowest BCUT2D eigenvalue weighted by Crippen LogP contribution is -2.82. The molecule has 1 heterocycles. The van der Waals surface area contributed by atoms with Gasteiger partial charge in [0, 0.05) is 70.0 Å². The van der Waals surface area contributed by atoms with Crippen molar-refractivity contribution >= 4 is 0 Å². The molecule has 0 radical (unpaired) electrons. The Kier molecular flexibility index (Phi) is 4.99. The van der Waals surface area contributed by atoms with Gasteiger partial charge in [0.15, 0.2) is 0 Å². The number of aliphatic hydroxyl groups excluding tert-OH is 1. The topological polar surface area (TPSA) is 101 Å². The van der Waals surface area contributed by atoms with Crippen molar-refractivity contribution in [3.05, 3.63) is 0 Å². The molecule has 5 saturated carbocycles. The van der Waals surface area contributed by atoms with Crippen LogP contribution < -0.4 is 0 Å². The number of methoxy groups -OCH3 is 4. The second kappa shape index (κ2) is 7.13. The molecule has 8 heteroatoms. The fourth-order valence-corrected chi connectivity index (χ4v) is 11.0. The van der Waals surface area contributed by atoms with Crippen LogP contribution in [0.25, 0.3) is 0 Å². The van der Waals surface area contributed by atoms with E-state index in [0.29, 0.717) is 19.4 Å². The number of ether oxygens (including phenoxy) is 4. The summed E-state index contributed by atoms with van der Waals surface area (Å²) in [5.74, 6) is -0.231. The van der Waals surface area contributed by atoms with Gasteiger partial charge in [0.25, 0.3) is 0 Å². The second-order valence-corrected chi connectivity index (χ2v) is 11.9. The third kappa shape index (κ3) is 2.20. The number of fused-ring (bicyclic) bond motifs is 2. The van der Waals surface area contributed by atoms with Gasteiger partial charge in [-0.15, -0.1) is 0 Å². The summed E-state index contributed by atoms with van der Waals surface area (Å²) in [6.45, 7) is 4.18. The highest BCUT2D eigenvalue weighted by molar-refractivity contribution is 5.41. The van der Waals surface area contributed by atoms with Crippen LogP contribution in [0.4, 0.5) is 0 Å². The Morgan fingerprint density at radius 2 is 1.82 bits per heavy atom. The van der Waals surface area contributed by atoms with E-state index >= 15 is 0 Å². The summed E-state index contributed by atoms with van der Waals surface area (Å²) < 4.78 is 24.0. The van der Waals surface area contributed by atoms with Crippen LogP contribution in [0.5, 0.6) is 0 Å². The Morgan fingerprint density at radius 1 is 1.06 bits per heavy atom. The highest BCUT2D eigenvalue weighted by atomic mass is 16.5. The van der Waals surface area contributed by atoms with Crippen molar-refractivity contribution in [1.29, 1.82) is 0 Å². The van der Waals surface area contributed by atoms with Crippen LogP contribution in [-0.4, -0.2) is 110 Å². The van der Waals surface area contributed by atoms with Crippen LogP contribution in [0.2, 0.25) is 0 Å². The quantitative estimate of drug-likeness (QED) is 0.512. The first-order valence-corrected chi connectivity index (χ1v) is 12.7. The average molecular weight is 468 g/mol. The number of hydrogen-bond acceptors (Lipinski definition) is 8. The molecule has 3 N–H and O–H groups in total. The van der Waals surface area contributed by atoms with E-state index in [1.807, 2.05) is 0 Å². The Labute approximate surface area is 196 Å². The van der Waals surface area contributed by atoms with Crippen LogP contribution in [0, 0.1) is 34.5 Å². The van der Waals surface area contributed by atoms with E-state index in [2.05, 4.69) is 11.8 Å². The molecule has 6 rings (SSSR count). The highest BCUT2D eigenvalue weighted by Gasteiger charge is 2.91. The van der Waals surface area contributed by atoms with Gasteiger partial charge < -0.3 is 34.3 Å². The van der Waals surface area contributed by atoms with Crippen LogP contribution >= 0.6 is 0 Å². The van der Waals surface area contributed by atoms with E-state index in [-0.39, 0.29) is 47.3 Å². The number of rotatable bonds is 6. The second-order valence-electron chi connectivity index (χ2n) is 11.9. The minimum absolute atomic E-state index is 0.00825. The van der Waals surface area contributed by atoms with Crippen LogP contribution in [0.15, 0.2) is 0 Å². The fraction of sp³-hybridized carbons (Fsp3) is 1.00. The third-order valence-corrected chi connectivity index (χ3v) is 11.5. The first-order chi connectivity index (χ1) is 15.8. The number of nitrogens with zero attached hydrogens (tertiary/aromatic N) is 1. The SMILES string of the molecule is CCN1C[C@@]2(COC)CC[C@H](O)[C@]34[C@@H]5C[C@@H]6[C@@H](OC)[C@@H]5[C@@](O)(C[C@@H]6OC)[C@](O)([C@H]13)[C@@H](OC)[C@H]24. The molecule has 33 heavy (non-hydrogen) atoms. The molecule has 6 aliphatic rings. The minimum Gasteiger partial charge on any atom is -0.392 e. The van der Waals surface area contributed by atoms with Crippen molar-refractivity contribution in [3.63, 3.8) is 0 Å². The Balaban J connectivity index is 1.67. The molecule has 7 bridgehead atoms. The van der Waals surface area contributed by atoms with Gasteiger partial charge in [-0.25, -0.2) is 0 Å². The molecule has 0 aromatic rings. The molecule has 6 fully saturated rings. The lowest BCUT2D eigenvalue weighted by atomic mass is 9.42. The van der Waals surface area contributed by atoms with E-state index in [4.69, 9.17) is 18.9 Å². The molecular formula is C25H41NO7. The van der Waals surface area contributed by atoms with Crippen molar-refractivity contribution in [2.45, 2.75) is 74.3 Å². The molecule has 0 amide bonds. The zero-order chi connectivity index (χ0) is 23.6. The predicted molar refractivity (Wildman–Crippen MR) is 119 cm³/mol. The summed E-state index contributed by atoms with van der Waals surface area (Å²) in [4.78, 5) is 2.33. The van der Waals surface area contributed by atoms with Crippen molar-refractivity contribution in [1.82, 2.24) is 4.90 Å². The van der Waals surface area contributed by atoms with Gasteiger partial charge in [-0.3, -0.25) is 4.90 Å². The maximum atomic E-state index is 12.9. The van der Waals surface area contributed by atoms with Crippen LogP contribution in [0.1, 0.15) is 32.6 Å².